The van der Waals surface area contributed by atoms with Crippen molar-refractivity contribution in [1.29, 1.82) is 5.26 Å². The minimum Gasteiger partial charge on any atom is -0.380 e. The van der Waals surface area contributed by atoms with Crippen molar-refractivity contribution in [2.24, 2.45) is 0 Å². The van der Waals surface area contributed by atoms with E-state index in [2.05, 4.69) is 9.97 Å². The Morgan fingerprint density at radius 1 is 1.39 bits per heavy atom. The minimum atomic E-state index is -3.70. The summed E-state index contributed by atoms with van der Waals surface area (Å²) in [7, 11) is -2.13. The van der Waals surface area contributed by atoms with Gasteiger partial charge in [-0.25, -0.2) is 13.4 Å². The number of ether oxygens (including phenoxy) is 1. The van der Waals surface area contributed by atoms with E-state index in [0.717, 1.165) is 0 Å². The molecule has 0 aliphatic carbocycles. The van der Waals surface area contributed by atoms with E-state index < -0.39 is 16.1 Å². The van der Waals surface area contributed by atoms with Gasteiger partial charge in [-0.15, -0.1) is 0 Å². The normalized spacial score (nSPS) is 22.1. The molecule has 2 atom stereocenters. The van der Waals surface area contributed by atoms with E-state index in [1.807, 2.05) is 6.07 Å². The van der Waals surface area contributed by atoms with Gasteiger partial charge in [-0.2, -0.15) is 9.57 Å². The van der Waals surface area contributed by atoms with Crippen LogP contribution in [0.5, 0.6) is 0 Å². The number of nitrogens with zero attached hydrogens (tertiary/aromatic N) is 3. The zero-order valence-electron chi connectivity index (χ0n) is 12.5. The molecule has 0 radical (unpaired) electrons. The maximum Gasteiger partial charge on any atom is 0.243 e. The zero-order valence-corrected chi connectivity index (χ0v) is 13.3. The molecule has 1 fully saturated rings. The quantitative estimate of drug-likeness (QED) is 0.913. The predicted molar refractivity (Wildman–Crippen MR) is 81.8 cm³/mol. The summed E-state index contributed by atoms with van der Waals surface area (Å²) >= 11 is 0. The average molecular weight is 332 g/mol. The highest BCUT2D eigenvalue weighted by Gasteiger charge is 2.42. The third-order valence-corrected chi connectivity index (χ3v) is 5.86. The number of hydrogen-bond acceptors (Lipinski definition) is 5. The van der Waals surface area contributed by atoms with Gasteiger partial charge in [0.15, 0.2) is 0 Å². The van der Waals surface area contributed by atoms with Gasteiger partial charge in [0.1, 0.15) is 5.82 Å². The fraction of sp³-hybridized carbons (Fsp3) is 0.333. The van der Waals surface area contributed by atoms with Crippen LogP contribution in [0.15, 0.2) is 41.6 Å². The van der Waals surface area contributed by atoms with E-state index in [0.29, 0.717) is 17.8 Å². The first-order valence-electron chi connectivity index (χ1n) is 7.10. The second-order valence-electron chi connectivity index (χ2n) is 5.29. The Balaban J connectivity index is 1.97. The molecule has 1 aromatic carbocycles. The molecule has 0 spiro atoms. The van der Waals surface area contributed by atoms with Crippen molar-refractivity contribution >= 4 is 10.0 Å². The highest BCUT2D eigenvalue weighted by Crippen LogP contribution is 2.36. The standard InChI is InChI=1S/C15H16N4O3S/c1-22-12-8-14(15-17-6-7-18-15)19(10-12)23(20,21)13-4-2-11(9-16)3-5-13/h2-7,12,14H,8,10H2,1H3,(H,17,18)/t12-,14+/m1/s1. The summed E-state index contributed by atoms with van der Waals surface area (Å²) in [5.41, 5.74) is 0.419. The summed E-state index contributed by atoms with van der Waals surface area (Å²) in [6, 6.07) is 7.49. The molecule has 2 aromatic rings. The van der Waals surface area contributed by atoms with E-state index in [4.69, 9.17) is 10.00 Å². The van der Waals surface area contributed by atoms with Crippen molar-refractivity contribution < 1.29 is 13.2 Å². The van der Waals surface area contributed by atoms with E-state index in [1.165, 1.54) is 28.6 Å². The maximum atomic E-state index is 12.9. The van der Waals surface area contributed by atoms with Crippen LogP contribution in [0.1, 0.15) is 23.9 Å². The fourth-order valence-electron chi connectivity index (χ4n) is 2.75. The van der Waals surface area contributed by atoms with Crippen LogP contribution in [0.3, 0.4) is 0 Å². The highest BCUT2D eigenvalue weighted by atomic mass is 32.2. The molecule has 2 heterocycles. The van der Waals surface area contributed by atoms with Crippen LogP contribution in [-0.4, -0.2) is 42.4 Å². The number of H-pyrrole nitrogens is 1. The molecule has 1 aliphatic rings. The van der Waals surface area contributed by atoms with Crippen molar-refractivity contribution in [3.8, 4) is 6.07 Å². The van der Waals surface area contributed by atoms with Crippen molar-refractivity contribution in [2.45, 2.75) is 23.5 Å². The molecule has 1 aliphatic heterocycles. The number of nitrogens with one attached hydrogen (secondary N) is 1. The van der Waals surface area contributed by atoms with Crippen LogP contribution in [0, 0.1) is 11.3 Å². The Morgan fingerprint density at radius 2 is 2.13 bits per heavy atom. The summed E-state index contributed by atoms with van der Waals surface area (Å²) in [5, 5.41) is 8.84. The van der Waals surface area contributed by atoms with Crippen LogP contribution >= 0.6 is 0 Å². The summed E-state index contributed by atoms with van der Waals surface area (Å²) in [6.07, 6.45) is 3.63. The van der Waals surface area contributed by atoms with Crippen LogP contribution < -0.4 is 0 Å². The number of aromatic nitrogens is 2. The number of methoxy groups -OCH3 is 1. The first-order valence-corrected chi connectivity index (χ1v) is 8.54. The first kappa shape index (κ1) is 15.7. The lowest BCUT2D eigenvalue weighted by Gasteiger charge is -2.22. The van der Waals surface area contributed by atoms with Gasteiger partial charge in [-0.3, -0.25) is 0 Å². The monoisotopic (exact) mass is 332 g/mol. The molecule has 23 heavy (non-hydrogen) atoms. The van der Waals surface area contributed by atoms with Crippen LogP contribution in [0.2, 0.25) is 0 Å². The number of hydrogen-bond donors (Lipinski definition) is 1. The Morgan fingerprint density at radius 3 is 2.70 bits per heavy atom. The Hall–Kier alpha value is -2.21. The predicted octanol–water partition coefficient (Wildman–Crippen LogP) is 1.43. The van der Waals surface area contributed by atoms with E-state index >= 15 is 0 Å². The molecule has 7 nitrogen and oxygen atoms in total. The van der Waals surface area contributed by atoms with Crippen molar-refractivity contribution in [3.05, 3.63) is 48.0 Å². The second-order valence-corrected chi connectivity index (χ2v) is 7.19. The Labute approximate surface area is 134 Å². The van der Waals surface area contributed by atoms with Gasteiger partial charge in [0.05, 0.1) is 28.7 Å². The van der Waals surface area contributed by atoms with Crippen molar-refractivity contribution in [2.75, 3.05) is 13.7 Å². The average Bonchev–Trinajstić information content (AvgIpc) is 3.23. The number of sulfonamides is 1. The third-order valence-electron chi connectivity index (χ3n) is 3.98. The Kier molecular flexibility index (Phi) is 4.17. The molecular weight excluding hydrogens is 316 g/mol. The lowest BCUT2D eigenvalue weighted by molar-refractivity contribution is 0.114. The SMILES string of the molecule is CO[C@@H]1C[C@@H](c2ncc[nH]2)N(S(=O)(=O)c2ccc(C#N)cc2)C1. The highest BCUT2D eigenvalue weighted by molar-refractivity contribution is 7.89. The fourth-order valence-corrected chi connectivity index (χ4v) is 4.38. The topological polar surface area (TPSA) is 99.1 Å². The van der Waals surface area contributed by atoms with E-state index in [1.54, 1.807) is 19.5 Å². The van der Waals surface area contributed by atoms with Crippen LogP contribution in [-0.2, 0) is 14.8 Å². The molecule has 0 amide bonds. The largest absolute Gasteiger partial charge is 0.380 e. The molecule has 8 heteroatoms. The number of nitriles is 1. The van der Waals surface area contributed by atoms with E-state index in [-0.39, 0.29) is 17.5 Å². The third kappa shape index (κ3) is 2.86. The number of imidazole rings is 1. The van der Waals surface area contributed by atoms with Crippen molar-refractivity contribution in [1.82, 2.24) is 14.3 Å². The zero-order chi connectivity index (χ0) is 16.4. The van der Waals surface area contributed by atoms with Gasteiger partial charge < -0.3 is 9.72 Å². The Bertz CT molecular complexity index is 809. The number of aromatic amines is 1. The number of rotatable bonds is 4. The smallest absolute Gasteiger partial charge is 0.243 e. The molecule has 1 N–H and O–H groups in total. The molecule has 3 rings (SSSR count). The van der Waals surface area contributed by atoms with Gasteiger partial charge in [-0.1, -0.05) is 0 Å². The molecule has 0 saturated carbocycles. The lowest BCUT2D eigenvalue weighted by atomic mass is 10.2. The summed E-state index contributed by atoms with van der Waals surface area (Å²) in [6.45, 7) is 0.268. The summed E-state index contributed by atoms with van der Waals surface area (Å²) in [5.74, 6) is 0.599. The van der Waals surface area contributed by atoms with Gasteiger partial charge in [0, 0.05) is 26.0 Å². The summed E-state index contributed by atoms with van der Waals surface area (Å²) in [4.78, 5) is 7.33. The molecule has 1 aromatic heterocycles. The first-order chi connectivity index (χ1) is 11.1. The molecular formula is C15H16N4O3S. The van der Waals surface area contributed by atoms with Gasteiger partial charge in [-0.05, 0) is 30.7 Å². The molecule has 120 valence electrons. The minimum absolute atomic E-state index is 0.157. The number of benzene rings is 1. The maximum absolute atomic E-state index is 12.9. The second kappa shape index (κ2) is 6.12. The van der Waals surface area contributed by atoms with Gasteiger partial charge >= 0.3 is 0 Å². The summed E-state index contributed by atoms with van der Waals surface area (Å²) < 4.78 is 32.6. The van der Waals surface area contributed by atoms with E-state index in [9.17, 15) is 8.42 Å². The van der Waals surface area contributed by atoms with Gasteiger partial charge in [0.2, 0.25) is 10.0 Å². The lowest BCUT2D eigenvalue weighted by Crippen LogP contribution is -2.32. The van der Waals surface area contributed by atoms with Crippen LogP contribution in [0.25, 0.3) is 0 Å². The molecule has 0 unspecified atom stereocenters. The molecule has 1 saturated heterocycles. The van der Waals surface area contributed by atoms with Crippen LogP contribution in [0.4, 0.5) is 0 Å². The van der Waals surface area contributed by atoms with Gasteiger partial charge in [0.25, 0.3) is 0 Å². The van der Waals surface area contributed by atoms with Crippen molar-refractivity contribution in [3.63, 3.8) is 0 Å². The molecule has 0 bridgehead atoms.